The van der Waals surface area contributed by atoms with Gasteiger partial charge in [-0.2, -0.15) is 0 Å². The zero-order valence-corrected chi connectivity index (χ0v) is 15.2. The molecule has 0 saturated carbocycles. The maximum atomic E-state index is 6.22. The molecule has 0 amide bonds. The molecule has 5 heteroatoms. The maximum absolute atomic E-state index is 6.22. The topological polar surface area (TPSA) is 21.7 Å². The van der Waals surface area contributed by atoms with Crippen molar-refractivity contribution in [1.29, 1.82) is 0 Å². The third-order valence-electron chi connectivity index (χ3n) is 3.50. The number of hydrogen-bond donors (Lipinski definition) is 0. The molecule has 0 bridgehead atoms. The van der Waals surface area contributed by atoms with Crippen molar-refractivity contribution >= 4 is 27.5 Å². The number of benzene rings is 1. The van der Waals surface area contributed by atoms with Crippen LogP contribution in [0.5, 0.6) is 5.75 Å². The van der Waals surface area contributed by atoms with Gasteiger partial charge < -0.3 is 9.47 Å². The summed E-state index contributed by atoms with van der Waals surface area (Å²) >= 11 is 9.72. The van der Waals surface area contributed by atoms with Crippen molar-refractivity contribution in [1.82, 2.24) is 4.90 Å². The van der Waals surface area contributed by atoms with E-state index in [1.54, 1.807) is 0 Å². The fourth-order valence-corrected chi connectivity index (χ4v) is 3.89. The van der Waals surface area contributed by atoms with E-state index in [1.165, 1.54) is 0 Å². The Labute approximate surface area is 140 Å². The Morgan fingerprint density at radius 3 is 2.62 bits per heavy atom. The SMILES string of the molecule is Cc1cc(Cl)c(OCCCN2C[C@@H](C)O[C@@H](C)C2)c(Br)c1. The summed E-state index contributed by atoms with van der Waals surface area (Å²) in [5, 5.41) is 0.662. The molecule has 0 radical (unpaired) electrons. The highest BCUT2D eigenvalue weighted by Crippen LogP contribution is 2.34. The fraction of sp³-hybridized carbons (Fsp3) is 0.625. The molecule has 1 aromatic rings. The van der Waals surface area contributed by atoms with Gasteiger partial charge in [-0.05, 0) is 60.8 Å². The first kappa shape index (κ1) is 17.1. The van der Waals surface area contributed by atoms with Crippen molar-refractivity contribution in [3.05, 3.63) is 27.2 Å². The van der Waals surface area contributed by atoms with Crippen LogP contribution >= 0.6 is 27.5 Å². The van der Waals surface area contributed by atoms with E-state index in [2.05, 4.69) is 34.7 Å². The van der Waals surface area contributed by atoms with Crippen LogP contribution in [0.15, 0.2) is 16.6 Å². The van der Waals surface area contributed by atoms with Crippen LogP contribution < -0.4 is 4.74 Å². The van der Waals surface area contributed by atoms with Crippen LogP contribution in [-0.2, 0) is 4.74 Å². The summed E-state index contributed by atoms with van der Waals surface area (Å²) in [6, 6.07) is 3.94. The Morgan fingerprint density at radius 1 is 1.33 bits per heavy atom. The van der Waals surface area contributed by atoms with Crippen LogP contribution in [0.1, 0.15) is 25.8 Å². The fourth-order valence-electron chi connectivity index (χ4n) is 2.75. The second kappa shape index (κ2) is 7.82. The highest BCUT2D eigenvalue weighted by Gasteiger charge is 2.21. The van der Waals surface area contributed by atoms with Gasteiger partial charge in [-0.1, -0.05) is 11.6 Å². The van der Waals surface area contributed by atoms with E-state index in [0.717, 1.165) is 41.8 Å². The number of rotatable bonds is 5. The van der Waals surface area contributed by atoms with Crippen molar-refractivity contribution < 1.29 is 9.47 Å². The quantitative estimate of drug-likeness (QED) is 0.716. The number of morpholine rings is 1. The minimum Gasteiger partial charge on any atom is -0.491 e. The lowest BCUT2D eigenvalue weighted by molar-refractivity contribution is -0.0686. The molecule has 0 aliphatic carbocycles. The molecule has 118 valence electrons. The first-order valence-corrected chi connectivity index (χ1v) is 8.59. The third-order valence-corrected chi connectivity index (χ3v) is 4.37. The molecule has 0 unspecified atom stereocenters. The van der Waals surface area contributed by atoms with Gasteiger partial charge in [-0.25, -0.2) is 0 Å². The largest absolute Gasteiger partial charge is 0.491 e. The van der Waals surface area contributed by atoms with E-state index in [1.807, 2.05) is 19.1 Å². The normalized spacial score (nSPS) is 23.3. The van der Waals surface area contributed by atoms with Gasteiger partial charge in [-0.15, -0.1) is 0 Å². The van der Waals surface area contributed by atoms with Crippen LogP contribution in [-0.4, -0.2) is 43.3 Å². The van der Waals surface area contributed by atoms with Crippen LogP contribution in [0.2, 0.25) is 5.02 Å². The average Bonchev–Trinajstić information content (AvgIpc) is 2.35. The Morgan fingerprint density at radius 2 is 2.00 bits per heavy atom. The maximum Gasteiger partial charge on any atom is 0.152 e. The van der Waals surface area contributed by atoms with Gasteiger partial charge in [-0.3, -0.25) is 4.90 Å². The smallest absolute Gasteiger partial charge is 0.152 e. The molecule has 1 heterocycles. The summed E-state index contributed by atoms with van der Waals surface area (Å²) in [4.78, 5) is 2.44. The zero-order valence-electron chi connectivity index (χ0n) is 12.9. The highest BCUT2D eigenvalue weighted by molar-refractivity contribution is 9.10. The first-order chi connectivity index (χ1) is 9.95. The van der Waals surface area contributed by atoms with Gasteiger partial charge in [0.25, 0.3) is 0 Å². The highest BCUT2D eigenvalue weighted by atomic mass is 79.9. The minimum atomic E-state index is 0.315. The Kier molecular flexibility index (Phi) is 6.35. The molecule has 2 atom stereocenters. The molecule has 0 aromatic heterocycles. The number of ether oxygens (including phenoxy) is 2. The second-order valence-electron chi connectivity index (χ2n) is 5.78. The van der Waals surface area contributed by atoms with Crippen molar-refractivity contribution in [3.63, 3.8) is 0 Å². The molecule has 1 aliphatic rings. The van der Waals surface area contributed by atoms with E-state index >= 15 is 0 Å². The molecule has 21 heavy (non-hydrogen) atoms. The van der Waals surface area contributed by atoms with Gasteiger partial charge in [0, 0.05) is 19.6 Å². The molecule has 1 aliphatic heterocycles. The van der Waals surface area contributed by atoms with E-state index in [4.69, 9.17) is 21.1 Å². The standard InChI is InChI=1S/C16H23BrClNO2/c1-11-7-14(17)16(15(18)8-11)20-6-4-5-19-9-12(2)21-13(3)10-19/h7-8,12-13H,4-6,9-10H2,1-3H3/t12-,13+. The number of halogens is 2. The Balaban J connectivity index is 1.77. The van der Waals surface area contributed by atoms with Crippen LogP contribution in [0.4, 0.5) is 0 Å². The van der Waals surface area contributed by atoms with E-state index in [-0.39, 0.29) is 0 Å². The van der Waals surface area contributed by atoms with Gasteiger partial charge in [0.2, 0.25) is 0 Å². The number of aryl methyl sites for hydroxylation is 1. The summed E-state index contributed by atoms with van der Waals surface area (Å²) in [6.45, 7) is 9.96. The van der Waals surface area contributed by atoms with Gasteiger partial charge in [0.15, 0.2) is 5.75 Å². The van der Waals surface area contributed by atoms with E-state index in [0.29, 0.717) is 23.8 Å². The molecule has 1 saturated heterocycles. The van der Waals surface area contributed by atoms with E-state index in [9.17, 15) is 0 Å². The van der Waals surface area contributed by atoms with Crippen LogP contribution in [0, 0.1) is 6.92 Å². The predicted octanol–water partition coefficient (Wildman–Crippen LogP) is 4.29. The molecular formula is C16H23BrClNO2. The summed E-state index contributed by atoms with van der Waals surface area (Å²) in [6.07, 6.45) is 1.61. The van der Waals surface area contributed by atoms with E-state index < -0.39 is 0 Å². The molecule has 0 N–H and O–H groups in total. The second-order valence-corrected chi connectivity index (χ2v) is 7.04. The minimum absolute atomic E-state index is 0.315. The lowest BCUT2D eigenvalue weighted by Crippen LogP contribution is -2.45. The van der Waals surface area contributed by atoms with Crippen molar-refractivity contribution in [2.75, 3.05) is 26.2 Å². The van der Waals surface area contributed by atoms with Crippen LogP contribution in [0.25, 0.3) is 0 Å². The van der Waals surface area contributed by atoms with Crippen molar-refractivity contribution in [3.8, 4) is 5.75 Å². The van der Waals surface area contributed by atoms with Gasteiger partial charge >= 0.3 is 0 Å². The zero-order chi connectivity index (χ0) is 15.4. The van der Waals surface area contributed by atoms with Gasteiger partial charge in [0.1, 0.15) is 0 Å². The Hall–Kier alpha value is -0.290. The summed E-state index contributed by atoms with van der Waals surface area (Å²) in [5.74, 6) is 0.742. The average molecular weight is 377 g/mol. The number of hydrogen-bond acceptors (Lipinski definition) is 3. The number of nitrogens with zero attached hydrogens (tertiary/aromatic N) is 1. The summed E-state index contributed by atoms with van der Waals surface area (Å²) in [7, 11) is 0. The monoisotopic (exact) mass is 375 g/mol. The predicted molar refractivity (Wildman–Crippen MR) is 90.5 cm³/mol. The molecule has 1 fully saturated rings. The summed E-state index contributed by atoms with van der Waals surface area (Å²) in [5.41, 5.74) is 1.12. The van der Waals surface area contributed by atoms with Gasteiger partial charge in [0.05, 0.1) is 28.3 Å². The van der Waals surface area contributed by atoms with Crippen molar-refractivity contribution in [2.45, 2.75) is 39.4 Å². The third kappa shape index (κ3) is 5.13. The summed E-state index contributed by atoms with van der Waals surface area (Å²) < 4.78 is 12.5. The molecule has 1 aromatic carbocycles. The van der Waals surface area contributed by atoms with Crippen molar-refractivity contribution in [2.24, 2.45) is 0 Å². The lowest BCUT2D eigenvalue weighted by atomic mass is 10.2. The Bertz CT molecular complexity index is 450. The van der Waals surface area contributed by atoms with Crippen LogP contribution in [0.3, 0.4) is 0 Å². The first-order valence-electron chi connectivity index (χ1n) is 7.42. The molecule has 2 rings (SSSR count). The molecule has 0 spiro atoms. The molecule has 3 nitrogen and oxygen atoms in total. The lowest BCUT2D eigenvalue weighted by Gasteiger charge is -2.35. The molecular weight excluding hydrogens is 354 g/mol.